The van der Waals surface area contributed by atoms with Crippen LogP contribution in [0.2, 0.25) is 0 Å². The van der Waals surface area contributed by atoms with Crippen LogP contribution in [0.4, 0.5) is 0 Å². The molecule has 3 nitrogen and oxygen atoms in total. The lowest BCUT2D eigenvalue weighted by Crippen LogP contribution is -2.27. The monoisotopic (exact) mass is 244 g/mol. The minimum absolute atomic E-state index is 0.282. The van der Waals surface area contributed by atoms with Crippen molar-refractivity contribution in [2.75, 3.05) is 13.6 Å². The average Bonchev–Trinajstić information content (AvgIpc) is 2.91. The number of rotatable bonds is 5. The number of epoxide rings is 1. The van der Waals surface area contributed by atoms with Crippen LogP contribution in [-0.4, -0.2) is 29.7 Å². The Labute approximate surface area is 109 Å². The molecule has 1 saturated heterocycles. The Kier molecular flexibility index (Phi) is 3.43. The highest BCUT2D eigenvalue weighted by molar-refractivity contribution is 5.24. The minimum atomic E-state index is -0.571. The van der Waals surface area contributed by atoms with Gasteiger partial charge >= 0.3 is 0 Å². The summed E-state index contributed by atoms with van der Waals surface area (Å²) in [5.41, 5.74) is 0.440. The van der Waals surface area contributed by atoms with Crippen molar-refractivity contribution in [2.24, 2.45) is 0 Å². The maximum Gasteiger partial charge on any atom is 0.184 e. The van der Waals surface area contributed by atoms with Crippen LogP contribution in [0.3, 0.4) is 0 Å². The van der Waals surface area contributed by atoms with Crippen LogP contribution in [0.25, 0.3) is 0 Å². The molecule has 0 bridgehead atoms. The van der Waals surface area contributed by atoms with Gasteiger partial charge in [-0.05, 0) is 26.5 Å². The number of ether oxygens (including phenoxy) is 1. The number of nitriles is 1. The van der Waals surface area contributed by atoms with E-state index in [0.717, 1.165) is 19.5 Å². The summed E-state index contributed by atoms with van der Waals surface area (Å²) in [6, 6.07) is 12.7. The molecule has 1 heterocycles. The van der Waals surface area contributed by atoms with Crippen LogP contribution in [0.15, 0.2) is 30.3 Å². The molecular formula is C15H20N2O. The molecule has 1 aliphatic rings. The topological polar surface area (TPSA) is 39.6 Å². The van der Waals surface area contributed by atoms with E-state index in [4.69, 9.17) is 4.74 Å². The van der Waals surface area contributed by atoms with Gasteiger partial charge in [0.1, 0.15) is 11.7 Å². The average molecular weight is 244 g/mol. The Balaban J connectivity index is 1.83. The van der Waals surface area contributed by atoms with Crippen molar-refractivity contribution in [1.29, 1.82) is 5.26 Å². The van der Waals surface area contributed by atoms with Crippen molar-refractivity contribution in [3.05, 3.63) is 35.9 Å². The van der Waals surface area contributed by atoms with E-state index in [1.807, 2.05) is 32.0 Å². The van der Waals surface area contributed by atoms with Gasteiger partial charge in [-0.1, -0.05) is 30.3 Å². The lowest BCUT2D eigenvalue weighted by molar-refractivity contribution is 0.260. The van der Waals surface area contributed by atoms with E-state index in [1.54, 1.807) is 0 Å². The van der Waals surface area contributed by atoms with Gasteiger partial charge in [0.25, 0.3) is 0 Å². The number of hydrogen-bond acceptors (Lipinski definition) is 3. The molecule has 18 heavy (non-hydrogen) atoms. The molecule has 0 aromatic heterocycles. The van der Waals surface area contributed by atoms with Crippen LogP contribution in [0.5, 0.6) is 0 Å². The predicted octanol–water partition coefficient (Wildman–Crippen LogP) is 2.58. The van der Waals surface area contributed by atoms with Gasteiger partial charge < -0.3 is 9.64 Å². The Bertz CT molecular complexity index is 449. The summed E-state index contributed by atoms with van der Waals surface area (Å²) in [6.07, 6.45) is 0.764. The lowest BCUT2D eigenvalue weighted by atomic mass is 9.94. The van der Waals surface area contributed by atoms with Gasteiger partial charge in [-0.2, -0.15) is 5.26 Å². The largest absolute Gasteiger partial charge is 0.347 e. The van der Waals surface area contributed by atoms with Crippen LogP contribution in [0.1, 0.15) is 25.8 Å². The number of benzene rings is 1. The Morgan fingerprint density at radius 2 is 1.89 bits per heavy atom. The van der Waals surface area contributed by atoms with Gasteiger partial charge in [0, 0.05) is 19.5 Å². The molecule has 0 unspecified atom stereocenters. The van der Waals surface area contributed by atoms with Gasteiger partial charge in [-0.15, -0.1) is 0 Å². The number of nitrogens with zero attached hydrogens (tertiary/aromatic N) is 2. The van der Waals surface area contributed by atoms with E-state index in [0.29, 0.717) is 0 Å². The molecule has 1 aromatic rings. The van der Waals surface area contributed by atoms with Crippen LogP contribution in [-0.2, 0) is 11.3 Å². The highest BCUT2D eigenvalue weighted by atomic mass is 16.6. The zero-order valence-electron chi connectivity index (χ0n) is 11.3. The highest BCUT2D eigenvalue weighted by Crippen LogP contribution is 2.49. The van der Waals surface area contributed by atoms with Gasteiger partial charge in [0.15, 0.2) is 5.60 Å². The van der Waals surface area contributed by atoms with Crippen molar-refractivity contribution in [1.82, 2.24) is 4.90 Å². The van der Waals surface area contributed by atoms with Gasteiger partial charge in [0.05, 0.1) is 0 Å². The molecule has 1 aromatic carbocycles. The maximum atomic E-state index is 9.20. The molecule has 1 atom stereocenters. The molecule has 0 aliphatic carbocycles. The fourth-order valence-electron chi connectivity index (χ4n) is 2.30. The molecule has 0 saturated carbocycles. The first-order chi connectivity index (χ1) is 8.49. The molecule has 0 spiro atoms. The SMILES string of the molecule is CN(CC[C@]1(C#N)OC1(C)C)Cc1ccccc1. The molecule has 0 N–H and O–H groups in total. The van der Waals surface area contributed by atoms with E-state index in [9.17, 15) is 5.26 Å². The second-order valence-corrected chi connectivity index (χ2v) is 5.52. The quantitative estimate of drug-likeness (QED) is 0.747. The van der Waals surface area contributed by atoms with E-state index < -0.39 is 5.60 Å². The van der Waals surface area contributed by atoms with E-state index in [2.05, 4.69) is 30.1 Å². The molecule has 0 radical (unpaired) electrons. The summed E-state index contributed by atoms with van der Waals surface area (Å²) in [5, 5.41) is 9.20. The summed E-state index contributed by atoms with van der Waals surface area (Å²) in [7, 11) is 2.08. The van der Waals surface area contributed by atoms with E-state index in [-0.39, 0.29) is 5.60 Å². The predicted molar refractivity (Wildman–Crippen MR) is 70.9 cm³/mol. The molecule has 96 valence electrons. The summed E-state index contributed by atoms with van der Waals surface area (Å²) in [6.45, 7) is 5.73. The zero-order valence-corrected chi connectivity index (χ0v) is 11.3. The van der Waals surface area contributed by atoms with Crippen LogP contribution < -0.4 is 0 Å². The third-order valence-corrected chi connectivity index (χ3v) is 3.68. The molecular weight excluding hydrogens is 224 g/mol. The second kappa shape index (κ2) is 4.72. The van der Waals surface area contributed by atoms with Crippen LogP contribution >= 0.6 is 0 Å². The summed E-state index contributed by atoms with van der Waals surface area (Å²) >= 11 is 0. The molecule has 2 rings (SSSR count). The molecule has 1 aliphatic heterocycles. The Morgan fingerprint density at radius 3 is 2.39 bits per heavy atom. The molecule has 3 heteroatoms. The fraction of sp³-hybridized carbons (Fsp3) is 0.533. The third kappa shape index (κ3) is 2.55. The maximum absolute atomic E-state index is 9.20. The Hall–Kier alpha value is -1.37. The number of hydrogen-bond donors (Lipinski definition) is 0. The van der Waals surface area contributed by atoms with E-state index >= 15 is 0 Å². The van der Waals surface area contributed by atoms with E-state index in [1.165, 1.54) is 5.56 Å². The van der Waals surface area contributed by atoms with Crippen LogP contribution in [0, 0.1) is 11.3 Å². The Morgan fingerprint density at radius 1 is 1.28 bits per heavy atom. The summed E-state index contributed by atoms with van der Waals surface area (Å²) in [5.74, 6) is 0. The summed E-state index contributed by atoms with van der Waals surface area (Å²) in [4.78, 5) is 2.23. The standard InChI is InChI=1S/C15H20N2O/c1-14(2)15(12-16,18-14)9-10-17(3)11-13-7-5-4-6-8-13/h4-8H,9-11H2,1-3H3/t15-/m1/s1. The fourth-order valence-corrected chi connectivity index (χ4v) is 2.30. The van der Waals surface area contributed by atoms with Gasteiger partial charge in [-0.3, -0.25) is 0 Å². The normalized spacial score (nSPS) is 24.8. The van der Waals surface area contributed by atoms with Gasteiger partial charge in [0.2, 0.25) is 0 Å². The van der Waals surface area contributed by atoms with Crippen molar-refractivity contribution in [2.45, 2.75) is 38.0 Å². The lowest BCUT2D eigenvalue weighted by Gasteiger charge is -2.17. The first-order valence-corrected chi connectivity index (χ1v) is 6.33. The van der Waals surface area contributed by atoms with Crippen molar-refractivity contribution < 1.29 is 4.74 Å². The van der Waals surface area contributed by atoms with Crippen molar-refractivity contribution in [3.63, 3.8) is 0 Å². The van der Waals surface area contributed by atoms with Crippen molar-refractivity contribution >= 4 is 0 Å². The summed E-state index contributed by atoms with van der Waals surface area (Å²) < 4.78 is 5.55. The second-order valence-electron chi connectivity index (χ2n) is 5.52. The first-order valence-electron chi connectivity index (χ1n) is 6.33. The van der Waals surface area contributed by atoms with Crippen molar-refractivity contribution in [3.8, 4) is 6.07 Å². The molecule has 0 amide bonds. The molecule has 1 fully saturated rings. The highest BCUT2D eigenvalue weighted by Gasteiger charge is 2.64. The zero-order chi connectivity index (χ0) is 13.2. The smallest absolute Gasteiger partial charge is 0.184 e. The third-order valence-electron chi connectivity index (χ3n) is 3.68. The minimum Gasteiger partial charge on any atom is -0.347 e. The first kappa shape index (κ1) is 13.1. The van der Waals surface area contributed by atoms with Gasteiger partial charge in [-0.25, -0.2) is 0 Å².